The van der Waals surface area contributed by atoms with Crippen LogP contribution in [0.4, 0.5) is 10.3 Å². The Hall–Kier alpha value is -1.14. The summed E-state index contributed by atoms with van der Waals surface area (Å²) < 4.78 is 15.8. The molecule has 4 nitrogen and oxygen atoms in total. The minimum absolute atomic E-state index is 0.0807. The molecule has 0 saturated heterocycles. The molecule has 19 heavy (non-hydrogen) atoms. The van der Waals surface area contributed by atoms with Crippen LogP contribution in [-0.4, -0.2) is 34.1 Å². The van der Waals surface area contributed by atoms with Gasteiger partial charge in [0, 0.05) is 18.2 Å². The number of benzene rings is 1. The highest BCUT2D eigenvalue weighted by molar-refractivity contribution is 9.10. The lowest BCUT2D eigenvalue weighted by Crippen LogP contribution is -2.42. The molecule has 2 aromatic rings. The molecule has 0 bridgehead atoms. The Kier molecular flexibility index (Phi) is 3.57. The average Bonchev–Trinajstić information content (AvgIpc) is 2.56. The van der Waals surface area contributed by atoms with E-state index >= 15 is 0 Å². The standard InChI is InChI=1S/C13H18BrFN4/c1-13(2,18(3)4)7-19-11-5-8(14)9(15)6-10(11)17-12(19)16/h5-6H,7H2,1-4H3,(H2,16,17). The molecule has 0 spiro atoms. The third kappa shape index (κ3) is 2.60. The van der Waals surface area contributed by atoms with E-state index in [2.05, 4.69) is 39.7 Å². The zero-order valence-electron chi connectivity index (χ0n) is 11.5. The second kappa shape index (κ2) is 4.76. The SMILES string of the molecule is CN(C)C(C)(C)Cn1c(N)nc2cc(F)c(Br)cc21. The lowest BCUT2D eigenvalue weighted by Gasteiger charge is -2.33. The summed E-state index contributed by atoms with van der Waals surface area (Å²) in [4.78, 5) is 6.34. The lowest BCUT2D eigenvalue weighted by atomic mass is 10.0. The van der Waals surface area contributed by atoms with Crippen molar-refractivity contribution in [2.75, 3.05) is 19.8 Å². The predicted octanol–water partition coefficient (Wildman–Crippen LogP) is 2.86. The van der Waals surface area contributed by atoms with Crippen LogP contribution in [0, 0.1) is 5.82 Å². The molecule has 0 unspecified atom stereocenters. The van der Waals surface area contributed by atoms with E-state index < -0.39 is 0 Å². The van der Waals surface area contributed by atoms with Gasteiger partial charge in [-0.25, -0.2) is 9.37 Å². The number of fused-ring (bicyclic) bond motifs is 1. The molecule has 6 heteroatoms. The summed E-state index contributed by atoms with van der Waals surface area (Å²) in [6.45, 7) is 4.92. The highest BCUT2D eigenvalue weighted by Gasteiger charge is 2.23. The van der Waals surface area contributed by atoms with Crippen LogP contribution in [0.15, 0.2) is 16.6 Å². The average molecular weight is 329 g/mol. The van der Waals surface area contributed by atoms with E-state index in [0.29, 0.717) is 22.5 Å². The number of hydrogen-bond donors (Lipinski definition) is 1. The molecule has 1 aromatic carbocycles. The molecular weight excluding hydrogens is 311 g/mol. The summed E-state index contributed by atoms with van der Waals surface area (Å²) in [6, 6.07) is 3.12. The van der Waals surface area contributed by atoms with Crippen LogP contribution in [0.1, 0.15) is 13.8 Å². The van der Waals surface area contributed by atoms with Crippen molar-refractivity contribution < 1.29 is 4.39 Å². The number of likely N-dealkylation sites (N-methyl/N-ethyl adjacent to an activating group) is 1. The van der Waals surface area contributed by atoms with Crippen molar-refractivity contribution in [3.8, 4) is 0 Å². The number of nitrogens with two attached hydrogens (primary N) is 1. The Morgan fingerprint density at radius 1 is 1.42 bits per heavy atom. The largest absolute Gasteiger partial charge is 0.369 e. The molecule has 104 valence electrons. The fourth-order valence-corrected chi connectivity index (χ4v) is 2.16. The fourth-order valence-electron chi connectivity index (χ4n) is 1.83. The number of aromatic nitrogens is 2. The summed E-state index contributed by atoms with van der Waals surface area (Å²) in [5, 5.41) is 0. The Labute approximate surface area is 120 Å². The van der Waals surface area contributed by atoms with Crippen LogP contribution in [0.3, 0.4) is 0 Å². The summed E-state index contributed by atoms with van der Waals surface area (Å²) in [7, 11) is 4.04. The first-order chi connectivity index (χ1) is 8.72. The van der Waals surface area contributed by atoms with Gasteiger partial charge in [0.2, 0.25) is 5.95 Å². The number of hydrogen-bond acceptors (Lipinski definition) is 3. The van der Waals surface area contributed by atoms with E-state index in [1.807, 2.05) is 18.7 Å². The molecule has 0 saturated carbocycles. The van der Waals surface area contributed by atoms with Gasteiger partial charge in [-0.15, -0.1) is 0 Å². The monoisotopic (exact) mass is 328 g/mol. The van der Waals surface area contributed by atoms with Crippen LogP contribution in [0.5, 0.6) is 0 Å². The zero-order chi connectivity index (χ0) is 14.4. The van der Waals surface area contributed by atoms with Gasteiger partial charge in [-0.3, -0.25) is 0 Å². The van der Waals surface area contributed by atoms with Crippen molar-refractivity contribution >= 4 is 32.9 Å². The maximum absolute atomic E-state index is 13.5. The first kappa shape index (κ1) is 14.3. The third-order valence-electron chi connectivity index (χ3n) is 3.58. The maximum Gasteiger partial charge on any atom is 0.201 e. The Morgan fingerprint density at radius 3 is 2.63 bits per heavy atom. The van der Waals surface area contributed by atoms with Crippen molar-refractivity contribution in [3.63, 3.8) is 0 Å². The van der Waals surface area contributed by atoms with Crippen molar-refractivity contribution in [1.82, 2.24) is 14.5 Å². The van der Waals surface area contributed by atoms with Crippen molar-refractivity contribution in [3.05, 3.63) is 22.4 Å². The van der Waals surface area contributed by atoms with Gasteiger partial charge in [-0.2, -0.15) is 0 Å². The molecule has 0 atom stereocenters. The quantitative estimate of drug-likeness (QED) is 0.942. The number of imidazole rings is 1. The number of nitrogen functional groups attached to an aromatic ring is 1. The Morgan fingerprint density at radius 2 is 2.05 bits per heavy atom. The molecule has 0 amide bonds. The predicted molar refractivity (Wildman–Crippen MR) is 79.6 cm³/mol. The van der Waals surface area contributed by atoms with E-state index in [-0.39, 0.29) is 11.4 Å². The minimum Gasteiger partial charge on any atom is -0.369 e. The third-order valence-corrected chi connectivity index (χ3v) is 4.18. The van der Waals surface area contributed by atoms with Gasteiger partial charge in [-0.05, 0) is 49.9 Å². The second-order valence-electron chi connectivity index (χ2n) is 5.52. The summed E-state index contributed by atoms with van der Waals surface area (Å²) >= 11 is 3.20. The molecule has 0 radical (unpaired) electrons. The van der Waals surface area contributed by atoms with Crippen molar-refractivity contribution in [2.45, 2.75) is 25.9 Å². The van der Waals surface area contributed by atoms with Gasteiger partial charge in [0.15, 0.2) is 0 Å². The van der Waals surface area contributed by atoms with Gasteiger partial charge < -0.3 is 15.2 Å². The number of anilines is 1. The molecule has 0 aliphatic carbocycles. The van der Waals surface area contributed by atoms with Crippen LogP contribution in [-0.2, 0) is 6.54 Å². The number of halogens is 2. The molecule has 1 heterocycles. The van der Waals surface area contributed by atoms with E-state index in [1.165, 1.54) is 6.07 Å². The highest BCUT2D eigenvalue weighted by Crippen LogP contribution is 2.27. The maximum atomic E-state index is 13.5. The lowest BCUT2D eigenvalue weighted by molar-refractivity contribution is 0.172. The minimum atomic E-state index is -0.330. The van der Waals surface area contributed by atoms with E-state index in [9.17, 15) is 4.39 Å². The molecular formula is C13H18BrFN4. The molecule has 1 aromatic heterocycles. The van der Waals surface area contributed by atoms with E-state index in [4.69, 9.17) is 5.73 Å². The van der Waals surface area contributed by atoms with Gasteiger partial charge in [-0.1, -0.05) is 0 Å². The summed E-state index contributed by atoms with van der Waals surface area (Å²) in [6.07, 6.45) is 0. The smallest absolute Gasteiger partial charge is 0.201 e. The van der Waals surface area contributed by atoms with Gasteiger partial charge in [0.05, 0.1) is 15.5 Å². The summed E-state index contributed by atoms with van der Waals surface area (Å²) in [5.41, 5.74) is 7.29. The number of nitrogens with zero attached hydrogens (tertiary/aromatic N) is 3. The first-order valence-corrected chi connectivity index (χ1v) is 6.80. The normalized spacial score (nSPS) is 12.6. The molecule has 2 rings (SSSR count). The van der Waals surface area contributed by atoms with Crippen LogP contribution in [0.2, 0.25) is 0 Å². The molecule has 2 N–H and O–H groups in total. The van der Waals surface area contributed by atoms with Gasteiger partial charge in [0.25, 0.3) is 0 Å². The van der Waals surface area contributed by atoms with Crippen LogP contribution >= 0.6 is 15.9 Å². The zero-order valence-corrected chi connectivity index (χ0v) is 13.1. The van der Waals surface area contributed by atoms with Crippen molar-refractivity contribution in [1.29, 1.82) is 0 Å². The second-order valence-corrected chi connectivity index (χ2v) is 6.37. The van der Waals surface area contributed by atoms with Crippen molar-refractivity contribution in [2.24, 2.45) is 0 Å². The number of rotatable bonds is 3. The van der Waals surface area contributed by atoms with Crippen LogP contribution in [0.25, 0.3) is 11.0 Å². The first-order valence-electron chi connectivity index (χ1n) is 6.00. The Balaban J connectivity index is 2.54. The van der Waals surface area contributed by atoms with Gasteiger partial charge >= 0.3 is 0 Å². The fraction of sp³-hybridized carbons (Fsp3) is 0.462. The topological polar surface area (TPSA) is 47.1 Å². The van der Waals surface area contributed by atoms with Gasteiger partial charge in [0.1, 0.15) is 5.82 Å². The molecule has 0 aliphatic rings. The Bertz CT molecular complexity index is 619. The summed E-state index contributed by atoms with van der Waals surface area (Å²) in [5.74, 6) is 0.0754. The van der Waals surface area contributed by atoms with E-state index in [0.717, 1.165) is 5.52 Å². The molecule has 0 aliphatic heterocycles. The highest BCUT2D eigenvalue weighted by atomic mass is 79.9. The van der Waals surface area contributed by atoms with Crippen LogP contribution < -0.4 is 5.73 Å². The van der Waals surface area contributed by atoms with E-state index in [1.54, 1.807) is 6.07 Å². The molecule has 0 fully saturated rings.